The highest BCUT2D eigenvalue weighted by Crippen LogP contribution is 2.33. The molecule has 1 heterocycles. The summed E-state index contributed by atoms with van der Waals surface area (Å²) in [5.74, 6) is -0.0998. The van der Waals surface area contributed by atoms with Crippen LogP contribution in [0.15, 0.2) is 48.5 Å². The molecule has 1 aliphatic rings. The summed E-state index contributed by atoms with van der Waals surface area (Å²) in [7, 11) is 3.19. The number of nitrogens with zero attached hydrogens (tertiary/aromatic N) is 2. The van der Waals surface area contributed by atoms with Crippen molar-refractivity contribution in [3.05, 3.63) is 54.1 Å². The summed E-state index contributed by atoms with van der Waals surface area (Å²) >= 11 is 0. The van der Waals surface area contributed by atoms with Crippen molar-refractivity contribution in [2.24, 2.45) is 5.92 Å². The fourth-order valence-electron chi connectivity index (χ4n) is 3.40. The van der Waals surface area contributed by atoms with E-state index in [2.05, 4.69) is 4.74 Å². The zero-order valence-corrected chi connectivity index (χ0v) is 16.2. The van der Waals surface area contributed by atoms with Gasteiger partial charge in [0.2, 0.25) is 11.8 Å². The molecule has 0 aromatic heterocycles. The second-order valence-corrected chi connectivity index (χ2v) is 6.79. The minimum Gasteiger partial charge on any atom is -0.495 e. The zero-order chi connectivity index (χ0) is 21.0. The number of amides is 2. The summed E-state index contributed by atoms with van der Waals surface area (Å²) in [6.07, 6.45) is 0.127. The molecule has 154 valence electrons. The summed E-state index contributed by atoms with van der Waals surface area (Å²) in [6, 6.07) is 13.3. The molecule has 2 aromatic rings. The molecular weight excluding hydrogens is 382 g/mol. The van der Waals surface area contributed by atoms with Gasteiger partial charge in [-0.25, -0.2) is 0 Å². The van der Waals surface area contributed by atoms with Gasteiger partial charge in [0, 0.05) is 26.6 Å². The number of halogens is 2. The number of anilines is 1. The molecule has 0 N–H and O–H groups in total. The number of hydrogen-bond acceptors (Lipinski definition) is 4. The normalized spacial score (nSPS) is 16.2. The summed E-state index contributed by atoms with van der Waals surface area (Å²) in [4.78, 5) is 28.4. The molecule has 1 saturated heterocycles. The highest BCUT2D eigenvalue weighted by Gasteiger charge is 2.37. The minimum absolute atomic E-state index is 0.0616. The first-order valence-electron chi connectivity index (χ1n) is 9.11. The summed E-state index contributed by atoms with van der Waals surface area (Å²) in [5, 5.41) is 0. The molecule has 1 unspecified atom stereocenters. The van der Waals surface area contributed by atoms with E-state index in [-0.39, 0.29) is 30.5 Å². The first-order valence-corrected chi connectivity index (χ1v) is 9.11. The third kappa shape index (κ3) is 4.82. The van der Waals surface area contributed by atoms with Crippen molar-refractivity contribution >= 4 is 17.5 Å². The van der Waals surface area contributed by atoms with Crippen molar-refractivity contribution in [3.8, 4) is 11.5 Å². The second-order valence-electron chi connectivity index (χ2n) is 6.79. The molecule has 0 saturated carbocycles. The van der Waals surface area contributed by atoms with Gasteiger partial charge >= 0.3 is 6.61 Å². The Morgan fingerprint density at radius 3 is 2.55 bits per heavy atom. The van der Waals surface area contributed by atoms with Crippen LogP contribution in [0.5, 0.6) is 11.5 Å². The number of benzene rings is 2. The van der Waals surface area contributed by atoms with E-state index >= 15 is 0 Å². The lowest BCUT2D eigenvalue weighted by Crippen LogP contribution is -2.34. The minimum atomic E-state index is -2.88. The van der Waals surface area contributed by atoms with Gasteiger partial charge in [-0.1, -0.05) is 24.3 Å². The zero-order valence-electron chi connectivity index (χ0n) is 16.2. The molecule has 1 aliphatic heterocycles. The van der Waals surface area contributed by atoms with Crippen LogP contribution in [0, 0.1) is 5.92 Å². The van der Waals surface area contributed by atoms with Crippen LogP contribution < -0.4 is 14.4 Å². The Balaban J connectivity index is 1.63. The van der Waals surface area contributed by atoms with Crippen molar-refractivity contribution in [1.82, 2.24) is 4.90 Å². The average molecular weight is 404 g/mol. The first-order chi connectivity index (χ1) is 13.9. The largest absolute Gasteiger partial charge is 0.495 e. The third-order valence-electron chi connectivity index (χ3n) is 4.79. The van der Waals surface area contributed by atoms with Crippen LogP contribution in [0.3, 0.4) is 0 Å². The number of carbonyl (C=O) groups is 2. The van der Waals surface area contributed by atoms with Crippen molar-refractivity contribution in [1.29, 1.82) is 0 Å². The standard InChI is InChI=1S/C21H22F2N2O4/c1-24(12-14-7-9-16(10-8-14)29-21(22)23)20(27)15-11-19(26)25(13-15)17-5-3-4-6-18(17)28-2/h3-10,15,21H,11-13H2,1-2H3. The topological polar surface area (TPSA) is 59.1 Å². The molecule has 0 radical (unpaired) electrons. The molecular formula is C21H22F2N2O4. The van der Waals surface area contributed by atoms with Crippen LogP contribution >= 0.6 is 0 Å². The van der Waals surface area contributed by atoms with Gasteiger partial charge in [0.15, 0.2) is 0 Å². The SMILES string of the molecule is COc1ccccc1N1CC(C(=O)N(C)Cc2ccc(OC(F)F)cc2)CC1=O. The highest BCUT2D eigenvalue weighted by atomic mass is 19.3. The molecule has 0 aliphatic carbocycles. The van der Waals surface area contributed by atoms with Gasteiger partial charge < -0.3 is 19.3 Å². The molecule has 6 nitrogen and oxygen atoms in total. The predicted molar refractivity (Wildman–Crippen MR) is 103 cm³/mol. The maximum absolute atomic E-state index is 12.8. The van der Waals surface area contributed by atoms with Gasteiger partial charge in [-0.05, 0) is 29.8 Å². The lowest BCUT2D eigenvalue weighted by Gasteiger charge is -2.22. The Bertz CT molecular complexity index is 873. The van der Waals surface area contributed by atoms with Gasteiger partial charge in [0.25, 0.3) is 0 Å². The van der Waals surface area contributed by atoms with E-state index in [0.717, 1.165) is 5.56 Å². The van der Waals surface area contributed by atoms with Crippen LogP contribution in [0.4, 0.5) is 14.5 Å². The smallest absolute Gasteiger partial charge is 0.387 e. The lowest BCUT2D eigenvalue weighted by atomic mass is 10.1. The molecule has 0 spiro atoms. The Kier molecular flexibility index (Phi) is 6.31. The summed E-state index contributed by atoms with van der Waals surface area (Å²) < 4.78 is 34.1. The van der Waals surface area contributed by atoms with Gasteiger partial charge in [-0.15, -0.1) is 0 Å². The van der Waals surface area contributed by atoms with Crippen LogP contribution in [-0.2, 0) is 16.1 Å². The number of ether oxygens (including phenoxy) is 2. The predicted octanol–water partition coefficient (Wildman–Crippen LogP) is 3.31. The van der Waals surface area contributed by atoms with E-state index in [1.807, 2.05) is 12.1 Å². The van der Waals surface area contributed by atoms with Crippen LogP contribution in [0.25, 0.3) is 0 Å². The highest BCUT2D eigenvalue weighted by molar-refractivity contribution is 6.01. The maximum atomic E-state index is 12.8. The van der Waals surface area contributed by atoms with Gasteiger partial charge in [0.1, 0.15) is 11.5 Å². The second kappa shape index (κ2) is 8.89. The quantitative estimate of drug-likeness (QED) is 0.711. The van der Waals surface area contributed by atoms with Crippen molar-refractivity contribution in [3.63, 3.8) is 0 Å². The van der Waals surface area contributed by atoms with Crippen molar-refractivity contribution in [2.45, 2.75) is 19.6 Å². The Morgan fingerprint density at radius 1 is 1.21 bits per heavy atom. The maximum Gasteiger partial charge on any atom is 0.387 e. The molecule has 0 bridgehead atoms. The van der Waals surface area contributed by atoms with E-state index < -0.39 is 12.5 Å². The number of alkyl halides is 2. The number of rotatable bonds is 7. The molecule has 1 fully saturated rings. The van der Waals surface area contributed by atoms with Gasteiger partial charge in [-0.3, -0.25) is 9.59 Å². The monoisotopic (exact) mass is 404 g/mol. The van der Waals surface area contributed by atoms with Crippen LogP contribution in [0.1, 0.15) is 12.0 Å². The van der Waals surface area contributed by atoms with E-state index in [4.69, 9.17) is 4.74 Å². The lowest BCUT2D eigenvalue weighted by molar-refractivity contribution is -0.135. The van der Waals surface area contributed by atoms with E-state index in [1.54, 1.807) is 36.2 Å². The van der Waals surface area contributed by atoms with E-state index in [9.17, 15) is 18.4 Å². The number of hydrogen-bond donors (Lipinski definition) is 0. The molecule has 2 aromatic carbocycles. The van der Waals surface area contributed by atoms with Crippen molar-refractivity contribution in [2.75, 3.05) is 25.6 Å². The van der Waals surface area contributed by atoms with E-state index in [0.29, 0.717) is 18.0 Å². The Morgan fingerprint density at radius 2 is 1.90 bits per heavy atom. The van der Waals surface area contributed by atoms with Crippen LogP contribution in [0.2, 0.25) is 0 Å². The van der Waals surface area contributed by atoms with Crippen molar-refractivity contribution < 1.29 is 27.8 Å². The van der Waals surface area contributed by atoms with Gasteiger partial charge in [0.05, 0.1) is 18.7 Å². The molecule has 1 atom stereocenters. The number of carbonyl (C=O) groups excluding carboxylic acids is 2. The van der Waals surface area contributed by atoms with Crippen LogP contribution in [-0.4, -0.2) is 44.0 Å². The summed E-state index contributed by atoms with van der Waals surface area (Å²) in [5.41, 5.74) is 1.42. The van der Waals surface area contributed by atoms with E-state index in [1.165, 1.54) is 24.1 Å². The molecule has 2 amide bonds. The number of para-hydroxylation sites is 2. The Labute approximate surface area is 167 Å². The number of methoxy groups -OCH3 is 1. The van der Waals surface area contributed by atoms with Gasteiger partial charge in [-0.2, -0.15) is 8.78 Å². The molecule has 29 heavy (non-hydrogen) atoms. The molecule has 3 rings (SSSR count). The third-order valence-corrected chi connectivity index (χ3v) is 4.79. The first kappa shape index (κ1) is 20.6. The fraction of sp³-hybridized carbons (Fsp3) is 0.333. The average Bonchev–Trinajstić information content (AvgIpc) is 3.09. The fourth-order valence-corrected chi connectivity index (χ4v) is 3.40. The summed E-state index contributed by atoms with van der Waals surface area (Å²) in [6.45, 7) is -2.30. The molecule has 8 heteroatoms. The Hall–Kier alpha value is -3.16.